The molecule has 0 saturated heterocycles. The third kappa shape index (κ3) is 3.45. The second-order valence-electron chi connectivity index (χ2n) is 8.51. The number of rotatable bonds is 4. The molecule has 1 aromatic rings. The van der Waals surface area contributed by atoms with E-state index in [1.807, 2.05) is 20.8 Å². The van der Waals surface area contributed by atoms with Crippen molar-refractivity contribution in [3.05, 3.63) is 33.6 Å². The van der Waals surface area contributed by atoms with Gasteiger partial charge in [0.1, 0.15) is 10.6 Å². The lowest BCUT2D eigenvalue weighted by molar-refractivity contribution is 0.217. The molecule has 0 heterocycles. The van der Waals surface area contributed by atoms with Crippen molar-refractivity contribution in [1.82, 2.24) is 4.72 Å². The van der Waals surface area contributed by atoms with Gasteiger partial charge in [0, 0.05) is 16.9 Å². The molecule has 2 aliphatic carbocycles. The minimum Gasteiger partial charge on any atom is -0.598 e. The van der Waals surface area contributed by atoms with Gasteiger partial charge >= 0.3 is 0 Å². The van der Waals surface area contributed by atoms with Crippen LogP contribution in [0.15, 0.2) is 12.1 Å². The molecule has 24 heavy (non-hydrogen) atoms. The predicted molar refractivity (Wildman–Crippen MR) is 99.1 cm³/mol. The molecule has 0 amide bonds. The fraction of sp³-hybridized carbons (Fsp3) is 0.667. The van der Waals surface area contributed by atoms with Crippen molar-refractivity contribution in [3.63, 3.8) is 0 Å². The zero-order valence-electron chi connectivity index (χ0n) is 14.5. The maximum absolute atomic E-state index is 14.7. The summed E-state index contributed by atoms with van der Waals surface area (Å²) in [6, 6.07) is 2.39. The molecular formula is C18H24Cl2FNOS. The van der Waals surface area contributed by atoms with Gasteiger partial charge in [-0.2, -0.15) is 0 Å². The second kappa shape index (κ2) is 6.31. The second-order valence-corrected chi connectivity index (χ2v) is 11.3. The first kappa shape index (κ1) is 18.8. The Balaban J connectivity index is 2.01. The summed E-state index contributed by atoms with van der Waals surface area (Å²) in [4.78, 5) is 0. The fourth-order valence-corrected chi connectivity index (χ4v) is 5.37. The fourth-order valence-electron chi connectivity index (χ4n) is 3.97. The molecule has 0 aromatic heterocycles. The first-order chi connectivity index (χ1) is 11.0. The van der Waals surface area contributed by atoms with Crippen LogP contribution < -0.4 is 4.72 Å². The van der Waals surface area contributed by atoms with E-state index in [2.05, 4.69) is 11.6 Å². The highest BCUT2D eigenvalue weighted by atomic mass is 35.5. The van der Waals surface area contributed by atoms with E-state index < -0.39 is 28.0 Å². The Labute approximate surface area is 156 Å². The van der Waals surface area contributed by atoms with Crippen molar-refractivity contribution in [2.45, 2.75) is 57.7 Å². The summed E-state index contributed by atoms with van der Waals surface area (Å²) >= 11 is 11.2. The van der Waals surface area contributed by atoms with Crippen molar-refractivity contribution >= 4 is 34.6 Å². The van der Waals surface area contributed by atoms with Gasteiger partial charge in [0.2, 0.25) is 0 Å². The lowest BCUT2D eigenvalue weighted by Gasteiger charge is -2.38. The summed E-state index contributed by atoms with van der Waals surface area (Å²) < 4.78 is 30.2. The number of nitrogens with one attached hydrogen (secondary N) is 1. The molecule has 0 spiro atoms. The van der Waals surface area contributed by atoms with Crippen LogP contribution in [0.5, 0.6) is 0 Å². The summed E-state index contributed by atoms with van der Waals surface area (Å²) in [7, 11) is 0. The summed E-state index contributed by atoms with van der Waals surface area (Å²) in [6.45, 7) is 7.85. The van der Waals surface area contributed by atoms with E-state index in [9.17, 15) is 8.94 Å². The maximum Gasteiger partial charge on any atom is 0.136 e. The third-order valence-corrected chi connectivity index (χ3v) is 7.75. The molecule has 0 aliphatic heterocycles. The average molecular weight is 392 g/mol. The van der Waals surface area contributed by atoms with Gasteiger partial charge in [-0.05, 0) is 69.4 Å². The van der Waals surface area contributed by atoms with Gasteiger partial charge in [0.15, 0.2) is 0 Å². The zero-order chi connectivity index (χ0) is 17.9. The molecule has 2 saturated carbocycles. The highest BCUT2D eigenvalue weighted by molar-refractivity contribution is 7.90. The Morgan fingerprint density at radius 2 is 1.88 bits per heavy atom. The average Bonchev–Trinajstić information content (AvgIpc) is 3.09. The van der Waals surface area contributed by atoms with E-state index in [-0.39, 0.29) is 10.4 Å². The third-order valence-electron chi connectivity index (χ3n) is 5.37. The number of halogens is 3. The molecule has 3 rings (SSSR count). The van der Waals surface area contributed by atoms with E-state index in [1.165, 1.54) is 18.6 Å². The first-order valence-electron chi connectivity index (χ1n) is 8.34. The lowest BCUT2D eigenvalue weighted by Crippen LogP contribution is -2.46. The molecule has 0 bridgehead atoms. The SMILES string of the molecule is CC1(C(N[S@+]([O-])C(C)(C)C)c2c(F)ccc(Cl)c2Cl)CC2CC2C1. The zero-order valence-corrected chi connectivity index (χ0v) is 16.8. The summed E-state index contributed by atoms with van der Waals surface area (Å²) in [5.41, 5.74) is 0.175. The van der Waals surface area contributed by atoms with Gasteiger partial charge in [-0.1, -0.05) is 30.1 Å². The van der Waals surface area contributed by atoms with Gasteiger partial charge in [0.25, 0.3) is 0 Å². The standard InChI is InChI=1S/C18H24Cl2FNOS/c1-17(2,3)24(23)22-16(18(4)8-10-7-11(10)9-18)14-13(21)6-5-12(19)15(14)20/h5-6,10-11,16,22H,7-9H2,1-4H3/t10?,11?,16?,18?,24-/m1/s1. The van der Waals surface area contributed by atoms with Gasteiger partial charge in [-0.25, -0.2) is 4.39 Å². The van der Waals surface area contributed by atoms with Crippen molar-refractivity contribution in [2.24, 2.45) is 17.3 Å². The molecule has 4 atom stereocenters. The van der Waals surface area contributed by atoms with Crippen molar-refractivity contribution < 1.29 is 8.94 Å². The van der Waals surface area contributed by atoms with Gasteiger partial charge in [0.05, 0.1) is 16.1 Å². The van der Waals surface area contributed by atoms with Crippen LogP contribution in [0.2, 0.25) is 10.0 Å². The monoisotopic (exact) mass is 391 g/mol. The van der Waals surface area contributed by atoms with E-state index in [0.29, 0.717) is 22.4 Å². The Bertz CT molecular complexity index is 639. The quantitative estimate of drug-likeness (QED) is 0.530. The van der Waals surface area contributed by atoms with Crippen LogP contribution in [0.3, 0.4) is 0 Å². The van der Waals surface area contributed by atoms with Crippen LogP contribution in [0.4, 0.5) is 4.39 Å². The number of benzene rings is 1. The first-order valence-corrected chi connectivity index (χ1v) is 10.2. The van der Waals surface area contributed by atoms with Crippen molar-refractivity contribution in [2.75, 3.05) is 0 Å². The Kier molecular flexibility index (Phi) is 4.94. The summed E-state index contributed by atoms with van der Waals surface area (Å²) in [5, 5.41) is 0.551. The van der Waals surface area contributed by atoms with E-state index >= 15 is 0 Å². The largest absolute Gasteiger partial charge is 0.598 e. The van der Waals surface area contributed by atoms with E-state index in [1.54, 1.807) is 0 Å². The Hall–Kier alpha value is -0.0000000000000000555. The molecule has 3 unspecified atom stereocenters. The van der Waals surface area contributed by atoms with Crippen LogP contribution >= 0.6 is 23.2 Å². The van der Waals surface area contributed by atoms with Crippen molar-refractivity contribution in [3.8, 4) is 0 Å². The van der Waals surface area contributed by atoms with Crippen LogP contribution in [-0.2, 0) is 11.4 Å². The smallest absolute Gasteiger partial charge is 0.136 e. The molecule has 2 fully saturated rings. The highest BCUT2D eigenvalue weighted by Crippen LogP contribution is 2.64. The van der Waals surface area contributed by atoms with Crippen molar-refractivity contribution in [1.29, 1.82) is 0 Å². The molecular weight excluding hydrogens is 368 g/mol. The highest BCUT2D eigenvalue weighted by Gasteiger charge is 2.56. The number of hydrogen-bond acceptors (Lipinski definition) is 2. The Morgan fingerprint density at radius 3 is 2.42 bits per heavy atom. The Morgan fingerprint density at radius 1 is 1.29 bits per heavy atom. The minimum absolute atomic E-state index is 0.177. The van der Waals surface area contributed by atoms with Crippen LogP contribution in [0, 0.1) is 23.1 Å². The van der Waals surface area contributed by atoms with E-state index in [0.717, 1.165) is 12.8 Å². The molecule has 1 aromatic carbocycles. The number of fused-ring (bicyclic) bond motifs is 1. The normalized spacial score (nSPS) is 31.7. The van der Waals surface area contributed by atoms with Gasteiger partial charge in [-0.15, -0.1) is 4.72 Å². The summed E-state index contributed by atoms with van der Waals surface area (Å²) in [5.74, 6) is 1.03. The molecule has 134 valence electrons. The minimum atomic E-state index is -1.33. The molecule has 2 nitrogen and oxygen atoms in total. The molecule has 6 heteroatoms. The maximum atomic E-state index is 14.7. The van der Waals surface area contributed by atoms with Gasteiger partial charge in [-0.3, -0.25) is 0 Å². The van der Waals surface area contributed by atoms with Crippen LogP contribution in [0.25, 0.3) is 0 Å². The molecule has 2 aliphatic rings. The molecule has 1 N–H and O–H groups in total. The number of hydrogen-bond donors (Lipinski definition) is 1. The topological polar surface area (TPSA) is 35.1 Å². The van der Waals surface area contributed by atoms with E-state index in [4.69, 9.17) is 23.2 Å². The lowest BCUT2D eigenvalue weighted by atomic mass is 9.75. The molecule has 0 radical (unpaired) electrons. The van der Waals surface area contributed by atoms with Crippen LogP contribution in [-0.4, -0.2) is 9.30 Å². The summed E-state index contributed by atoms with van der Waals surface area (Å²) in [6.07, 6.45) is 3.26. The van der Waals surface area contributed by atoms with Crippen LogP contribution in [0.1, 0.15) is 58.6 Å². The van der Waals surface area contributed by atoms with Gasteiger partial charge < -0.3 is 4.55 Å². The predicted octanol–water partition coefficient (Wildman–Crippen LogP) is 5.66.